The molecule has 0 spiro atoms. The van der Waals surface area contributed by atoms with E-state index < -0.39 is 0 Å². The van der Waals surface area contributed by atoms with Crippen LogP contribution in [0.4, 0.5) is 4.39 Å². The van der Waals surface area contributed by atoms with Crippen LogP contribution in [0.3, 0.4) is 0 Å². The van der Waals surface area contributed by atoms with Gasteiger partial charge in [0.25, 0.3) is 0 Å². The Morgan fingerprint density at radius 1 is 1.05 bits per heavy atom. The monoisotopic (exact) mass is 336 g/mol. The van der Waals surface area contributed by atoms with Gasteiger partial charge in [-0.25, -0.2) is 4.39 Å². The van der Waals surface area contributed by atoms with Crippen molar-refractivity contribution >= 4 is 28.9 Å². The van der Waals surface area contributed by atoms with Gasteiger partial charge in [-0.05, 0) is 55.4 Å². The number of hydrogen-bond donors (Lipinski definition) is 2. The van der Waals surface area contributed by atoms with Crippen molar-refractivity contribution in [2.75, 3.05) is 0 Å². The Balaban J connectivity index is 2.34. The summed E-state index contributed by atoms with van der Waals surface area (Å²) in [4.78, 5) is 0. The maximum atomic E-state index is 13.2. The van der Waals surface area contributed by atoms with Gasteiger partial charge in [0.2, 0.25) is 0 Å². The SMILES string of the molecule is CC(C)NC(=S)N[C@H](c1ccc(F)cc1)c1ccccc1Cl. The average molecular weight is 337 g/mol. The predicted molar refractivity (Wildman–Crippen MR) is 93.7 cm³/mol. The Kier molecular flexibility index (Phi) is 5.75. The standard InChI is InChI=1S/C17H18ClFN2S/c1-11(2)20-17(22)21-16(12-7-9-13(19)10-8-12)14-5-3-4-6-15(14)18/h3-11,16H,1-2H3,(H2,20,21,22)/t16-/m1/s1. The minimum atomic E-state index is -0.274. The zero-order valence-electron chi connectivity index (χ0n) is 12.4. The van der Waals surface area contributed by atoms with Crippen molar-refractivity contribution in [2.45, 2.75) is 25.9 Å². The van der Waals surface area contributed by atoms with Crippen LogP contribution in [0.5, 0.6) is 0 Å². The zero-order valence-corrected chi connectivity index (χ0v) is 14.0. The number of halogens is 2. The van der Waals surface area contributed by atoms with E-state index in [0.717, 1.165) is 11.1 Å². The van der Waals surface area contributed by atoms with Crippen LogP contribution in [-0.4, -0.2) is 11.2 Å². The number of hydrogen-bond acceptors (Lipinski definition) is 1. The fourth-order valence-corrected chi connectivity index (χ4v) is 2.74. The molecule has 5 heteroatoms. The van der Waals surface area contributed by atoms with Crippen molar-refractivity contribution in [3.05, 3.63) is 70.5 Å². The first-order valence-electron chi connectivity index (χ1n) is 7.04. The summed E-state index contributed by atoms with van der Waals surface area (Å²) in [7, 11) is 0. The summed E-state index contributed by atoms with van der Waals surface area (Å²) in [5.74, 6) is -0.274. The van der Waals surface area contributed by atoms with Crippen LogP contribution in [0.1, 0.15) is 31.0 Å². The highest BCUT2D eigenvalue weighted by Gasteiger charge is 2.18. The van der Waals surface area contributed by atoms with Gasteiger partial charge in [0.15, 0.2) is 5.11 Å². The lowest BCUT2D eigenvalue weighted by Gasteiger charge is -2.24. The second-order valence-electron chi connectivity index (χ2n) is 5.28. The topological polar surface area (TPSA) is 24.1 Å². The molecule has 0 bridgehead atoms. The second-order valence-corrected chi connectivity index (χ2v) is 6.09. The van der Waals surface area contributed by atoms with Crippen LogP contribution in [0.2, 0.25) is 5.02 Å². The molecule has 2 nitrogen and oxygen atoms in total. The fraction of sp³-hybridized carbons (Fsp3) is 0.235. The summed E-state index contributed by atoms with van der Waals surface area (Å²) in [6.07, 6.45) is 0. The molecule has 1 atom stereocenters. The Morgan fingerprint density at radius 3 is 2.27 bits per heavy atom. The lowest BCUT2D eigenvalue weighted by Crippen LogP contribution is -2.41. The molecule has 0 aliphatic heterocycles. The summed E-state index contributed by atoms with van der Waals surface area (Å²) in [6, 6.07) is 13.8. The molecule has 0 fully saturated rings. The Bertz CT molecular complexity index is 643. The Hall–Kier alpha value is -1.65. The van der Waals surface area contributed by atoms with E-state index in [2.05, 4.69) is 10.6 Å². The Labute approximate surface area is 140 Å². The fourth-order valence-electron chi connectivity index (χ4n) is 2.14. The third-order valence-electron chi connectivity index (χ3n) is 3.11. The van der Waals surface area contributed by atoms with Crippen LogP contribution in [-0.2, 0) is 0 Å². The van der Waals surface area contributed by atoms with Gasteiger partial charge in [0.1, 0.15) is 5.82 Å². The molecule has 0 aliphatic carbocycles. The summed E-state index contributed by atoms with van der Waals surface area (Å²) >= 11 is 11.6. The normalized spacial score (nSPS) is 12.0. The molecular weight excluding hydrogens is 319 g/mol. The van der Waals surface area contributed by atoms with Crippen molar-refractivity contribution in [3.8, 4) is 0 Å². The molecule has 0 radical (unpaired) electrons. The van der Waals surface area contributed by atoms with Crippen molar-refractivity contribution in [3.63, 3.8) is 0 Å². The maximum absolute atomic E-state index is 13.2. The third-order valence-corrected chi connectivity index (χ3v) is 3.69. The number of nitrogens with one attached hydrogen (secondary N) is 2. The van der Waals surface area contributed by atoms with Gasteiger partial charge in [-0.1, -0.05) is 41.9 Å². The highest BCUT2D eigenvalue weighted by atomic mass is 35.5. The summed E-state index contributed by atoms with van der Waals surface area (Å²) in [5, 5.41) is 7.57. The molecule has 0 unspecified atom stereocenters. The van der Waals surface area contributed by atoms with E-state index in [1.807, 2.05) is 38.1 Å². The van der Waals surface area contributed by atoms with Gasteiger partial charge in [-0.2, -0.15) is 0 Å². The number of thiocarbonyl (C=S) groups is 1. The van der Waals surface area contributed by atoms with Crippen LogP contribution < -0.4 is 10.6 Å². The zero-order chi connectivity index (χ0) is 16.1. The lowest BCUT2D eigenvalue weighted by molar-refractivity contribution is 0.625. The van der Waals surface area contributed by atoms with E-state index in [1.54, 1.807) is 12.1 Å². The predicted octanol–water partition coefficient (Wildman–Crippen LogP) is 4.44. The molecule has 0 saturated heterocycles. The number of benzene rings is 2. The summed E-state index contributed by atoms with van der Waals surface area (Å²) < 4.78 is 13.2. The summed E-state index contributed by atoms with van der Waals surface area (Å²) in [5.41, 5.74) is 1.78. The highest BCUT2D eigenvalue weighted by Crippen LogP contribution is 2.28. The first kappa shape index (κ1) is 16.7. The van der Waals surface area contributed by atoms with Gasteiger partial charge >= 0.3 is 0 Å². The van der Waals surface area contributed by atoms with E-state index in [-0.39, 0.29) is 17.9 Å². The molecule has 0 aliphatic rings. The van der Waals surface area contributed by atoms with E-state index in [4.69, 9.17) is 23.8 Å². The van der Waals surface area contributed by atoms with Gasteiger partial charge in [-0.3, -0.25) is 0 Å². The quantitative estimate of drug-likeness (QED) is 0.807. The van der Waals surface area contributed by atoms with Crippen molar-refractivity contribution < 1.29 is 4.39 Å². The van der Waals surface area contributed by atoms with Crippen LogP contribution >= 0.6 is 23.8 Å². The molecule has 0 saturated carbocycles. The van der Waals surface area contributed by atoms with Crippen molar-refractivity contribution in [2.24, 2.45) is 0 Å². The molecule has 22 heavy (non-hydrogen) atoms. The molecule has 2 aromatic rings. The van der Waals surface area contributed by atoms with E-state index >= 15 is 0 Å². The third kappa shape index (κ3) is 4.42. The second kappa shape index (κ2) is 7.56. The average Bonchev–Trinajstić information content (AvgIpc) is 2.46. The van der Waals surface area contributed by atoms with Crippen molar-refractivity contribution in [1.82, 2.24) is 10.6 Å². The molecule has 116 valence electrons. The first-order chi connectivity index (χ1) is 10.5. The van der Waals surface area contributed by atoms with Gasteiger partial charge in [0, 0.05) is 11.1 Å². The molecule has 2 rings (SSSR count). The van der Waals surface area contributed by atoms with Gasteiger partial charge < -0.3 is 10.6 Å². The number of rotatable bonds is 4. The first-order valence-corrected chi connectivity index (χ1v) is 7.83. The molecule has 2 aromatic carbocycles. The van der Waals surface area contributed by atoms with Gasteiger partial charge in [0.05, 0.1) is 6.04 Å². The van der Waals surface area contributed by atoms with Crippen LogP contribution in [0.15, 0.2) is 48.5 Å². The van der Waals surface area contributed by atoms with E-state index in [9.17, 15) is 4.39 Å². The highest BCUT2D eigenvalue weighted by molar-refractivity contribution is 7.80. The van der Waals surface area contributed by atoms with E-state index in [0.29, 0.717) is 10.1 Å². The molecular formula is C17H18ClFN2S. The Morgan fingerprint density at radius 2 is 1.68 bits per heavy atom. The van der Waals surface area contributed by atoms with Crippen LogP contribution in [0.25, 0.3) is 0 Å². The largest absolute Gasteiger partial charge is 0.361 e. The lowest BCUT2D eigenvalue weighted by atomic mass is 9.98. The molecule has 0 aromatic heterocycles. The molecule has 2 N–H and O–H groups in total. The maximum Gasteiger partial charge on any atom is 0.167 e. The van der Waals surface area contributed by atoms with Crippen LogP contribution in [0, 0.1) is 5.82 Å². The minimum Gasteiger partial charge on any atom is -0.361 e. The van der Waals surface area contributed by atoms with E-state index in [1.165, 1.54) is 12.1 Å². The van der Waals surface area contributed by atoms with Crippen molar-refractivity contribution in [1.29, 1.82) is 0 Å². The minimum absolute atomic E-state index is 0.222. The summed E-state index contributed by atoms with van der Waals surface area (Å²) in [6.45, 7) is 4.02. The molecule has 0 heterocycles. The van der Waals surface area contributed by atoms with Gasteiger partial charge in [-0.15, -0.1) is 0 Å². The molecule has 0 amide bonds. The smallest absolute Gasteiger partial charge is 0.167 e.